The van der Waals surface area contributed by atoms with Crippen LogP contribution in [0.25, 0.3) is 0 Å². The van der Waals surface area contributed by atoms with E-state index in [1.807, 2.05) is 0 Å². The molecule has 2 fully saturated rings. The van der Waals surface area contributed by atoms with E-state index >= 15 is 0 Å². The average molecular weight is 474 g/mol. The van der Waals surface area contributed by atoms with Gasteiger partial charge in [-0.2, -0.15) is 5.06 Å². The topological polar surface area (TPSA) is 92.8 Å². The average Bonchev–Trinajstić information content (AvgIpc) is 2.96. The number of hydroxylamine groups is 3. The van der Waals surface area contributed by atoms with Gasteiger partial charge in [-0.15, -0.1) is 0 Å². The number of urea groups is 1. The molecule has 1 aromatic carbocycles. The van der Waals surface area contributed by atoms with Crippen molar-refractivity contribution in [1.29, 1.82) is 0 Å². The molecular formula is C19H24F2N4O6S. The molecule has 0 radical (unpaired) electrons. The van der Waals surface area contributed by atoms with Gasteiger partial charge in [0.15, 0.2) is 16.7 Å². The number of benzene rings is 1. The molecule has 13 heteroatoms. The highest BCUT2D eigenvalue weighted by Gasteiger charge is 2.34. The number of amides is 3. The van der Waals surface area contributed by atoms with Crippen LogP contribution in [0.2, 0.25) is 0 Å². The molecule has 32 heavy (non-hydrogen) atoms. The number of carbonyl (C=O) groups excluding carboxylic acids is 2. The minimum atomic E-state index is -0.841. The number of halogens is 2. The first kappa shape index (κ1) is 23.9. The van der Waals surface area contributed by atoms with Crippen LogP contribution in [-0.2, 0) is 19.1 Å². The molecule has 0 aromatic heterocycles. The summed E-state index contributed by atoms with van der Waals surface area (Å²) in [6.07, 6.45) is -0.282. The maximum absolute atomic E-state index is 14.9. The van der Waals surface area contributed by atoms with Crippen LogP contribution >= 0.6 is 12.2 Å². The standard InChI is InChI=1S/C19H24F2N4O6S/c1-28-16(32)4-3-13-11-24(19(27)31-13)12-9-14(20)17(15(21)10-12)23-5-6-25(30-8-7-23)18(26)22-29-2/h9-10,13H,3-8,11H2,1-2H3,(H,22,26)/t13-/m0/s1. The van der Waals surface area contributed by atoms with Crippen molar-refractivity contribution >= 4 is 40.8 Å². The van der Waals surface area contributed by atoms with Gasteiger partial charge in [-0.3, -0.25) is 14.6 Å². The van der Waals surface area contributed by atoms with Gasteiger partial charge in [0.05, 0.1) is 39.6 Å². The highest BCUT2D eigenvalue weighted by atomic mass is 32.1. The fourth-order valence-electron chi connectivity index (χ4n) is 3.44. The highest BCUT2D eigenvalue weighted by molar-refractivity contribution is 7.80. The molecule has 2 aliphatic rings. The van der Waals surface area contributed by atoms with Crippen molar-refractivity contribution in [3.8, 4) is 0 Å². The van der Waals surface area contributed by atoms with Crippen molar-refractivity contribution in [2.75, 3.05) is 56.8 Å². The molecule has 2 saturated heterocycles. The number of nitrogens with one attached hydrogen (secondary N) is 1. The fourth-order valence-corrected chi connectivity index (χ4v) is 3.56. The Kier molecular flexibility index (Phi) is 7.99. The third kappa shape index (κ3) is 5.53. The van der Waals surface area contributed by atoms with Crippen LogP contribution in [-0.4, -0.2) is 75.3 Å². The Morgan fingerprint density at radius 2 is 1.97 bits per heavy atom. The van der Waals surface area contributed by atoms with Crippen LogP contribution < -0.4 is 15.3 Å². The number of carbonyl (C=O) groups is 2. The fraction of sp³-hybridized carbons (Fsp3) is 0.526. The molecule has 1 aromatic rings. The van der Waals surface area contributed by atoms with Crippen molar-refractivity contribution in [3.05, 3.63) is 23.8 Å². The molecule has 0 saturated carbocycles. The first-order valence-corrected chi connectivity index (χ1v) is 10.3. The molecule has 3 amide bonds. The molecule has 3 rings (SSSR count). The lowest BCUT2D eigenvalue weighted by molar-refractivity contribution is -0.114. The minimum absolute atomic E-state index is 0.0290. The molecule has 1 N–H and O–H groups in total. The lowest BCUT2D eigenvalue weighted by Gasteiger charge is -2.24. The summed E-state index contributed by atoms with van der Waals surface area (Å²) in [6, 6.07) is 1.55. The van der Waals surface area contributed by atoms with E-state index in [1.54, 1.807) is 0 Å². The summed E-state index contributed by atoms with van der Waals surface area (Å²) in [6.45, 7) is 0.500. The quantitative estimate of drug-likeness (QED) is 0.496. The molecule has 10 nitrogen and oxygen atoms in total. The zero-order valence-electron chi connectivity index (χ0n) is 17.6. The molecule has 0 spiro atoms. The summed E-state index contributed by atoms with van der Waals surface area (Å²) in [4.78, 5) is 36.5. The number of nitrogens with zero attached hydrogens (tertiary/aromatic N) is 3. The van der Waals surface area contributed by atoms with E-state index in [9.17, 15) is 18.4 Å². The number of ether oxygens (including phenoxy) is 2. The largest absolute Gasteiger partial charge is 0.490 e. The molecular weight excluding hydrogens is 450 g/mol. The summed E-state index contributed by atoms with van der Waals surface area (Å²) in [5.74, 6) is -1.68. The van der Waals surface area contributed by atoms with Gasteiger partial charge in [-0.05, 0) is 18.6 Å². The zero-order valence-corrected chi connectivity index (χ0v) is 18.5. The summed E-state index contributed by atoms with van der Waals surface area (Å²) >= 11 is 4.98. The minimum Gasteiger partial charge on any atom is -0.490 e. The predicted molar refractivity (Wildman–Crippen MR) is 113 cm³/mol. The molecule has 0 unspecified atom stereocenters. The Hall–Kier alpha value is -2.77. The van der Waals surface area contributed by atoms with Gasteiger partial charge in [0.25, 0.3) is 0 Å². The van der Waals surface area contributed by atoms with Crippen LogP contribution in [0.4, 0.5) is 29.7 Å². The van der Waals surface area contributed by atoms with Gasteiger partial charge in [0, 0.05) is 31.6 Å². The number of hydrogen-bond acceptors (Lipinski definition) is 8. The first-order chi connectivity index (χ1) is 15.3. The van der Waals surface area contributed by atoms with E-state index < -0.39 is 29.9 Å². The Morgan fingerprint density at radius 3 is 2.62 bits per heavy atom. The number of hydrogen-bond donors (Lipinski definition) is 1. The lowest BCUT2D eigenvalue weighted by Crippen LogP contribution is -2.41. The van der Waals surface area contributed by atoms with Crippen LogP contribution in [0.1, 0.15) is 12.8 Å². The maximum atomic E-state index is 14.9. The summed E-state index contributed by atoms with van der Waals surface area (Å²) in [5.41, 5.74) is 1.91. The van der Waals surface area contributed by atoms with Gasteiger partial charge >= 0.3 is 12.1 Å². The van der Waals surface area contributed by atoms with E-state index in [1.165, 1.54) is 24.0 Å². The second-order valence-electron chi connectivity index (χ2n) is 7.02. The molecule has 0 aliphatic carbocycles. The van der Waals surface area contributed by atoms with E-state index in [-0.39, 0.29) is 44.2 Å². The third-order valence-corrected chi connectivity index (χ3v) is 5.37. The van der Waals surface area contributed by atoms with Gasteiger partial charge in [0.2, 0.25) is 0 Å². The van der Waals surface area contributed by atoms with E-state index in [0.717, 1.165) is 17.2 Å². The van der Waals surface area contributed by atoms with E-state index in [0.29, 0.717) is 17.9 Å². The highest BCUT2D eigenvalue weighted by Crippen LogP contribution is 2.32. The van der Waals surface area contributed by atoms with Crippen LogP contribution in [0.3, 0.4) is 0 Å². The number of rotatable bonds is 6. The van der Waals surface area contributed by atoms with Crippen molar-refractivity contribution in [2.24, 2.45) is 0 Å². The number of anilines is 2. The van der Waals surface area contributed by atoms with Crippen molar-refractivity contribution < 1.29 is 37.5 Å². The van der Waals surface area contributed by atoms with Crippen molar-refractivity contribution in [3.63, 3.8) is 0 Å². The predicted octanol–water partition coefficient (Wildman–Crippen LogP) is 2.37. The van der Waals surface area contributed by atoms with Gasteiger partial charge in [-0.1, -0.05) is 0 Å². The first-order valence-electron chi connectivity index (χ1n) is 9.86. The summed E-state index contributed by atoms with van der Waals surface area (Å²) in [5, 5.41) is 1.41. The Bertz CT molecular complexity index is 853. The number of cyclic esters (lactones) is 1. The molecule has 1 atom stereocenters. The van der Waals surface area contributed by atoms with Gasteiger partial charge < -0.3 is 14.4 Å². The smallest absolute Gasteiger partial charge is 0.414 e. The third-order valence-electron chi connectivity index (χ3n) is 5.00. The van der Waals surface area contributed by atoms with Crippen LogP contribution in [0.5, 0.6) is 0 Å². The SMILES string of the molecule is CONC(=O)N1CCN(c2c(F)cc(N3C[C@H](CCC(=S)OC)OC3=O)cc2F)CCO1. The molecule has 0 bridgehead atoms. The summed E-state index contributed by atoms with van der Waals surface area (Å²) < 4.78 is 40.1. The normalized spacial score (nSPS) is 18.9. The van der Waals surface area contributed by atoms with Crippen LogP contribution in [0, 0.1) is 11.6 Å². The monoisotopic (exact) mass is 474 g/mol. The number of thiocarbonyl (C=S) groups is 1. The Labute approximate surface area is 188 Å². The van der Waals surface area contributed by atoms with Gasteiger partial charge in [-0.25, -0.2) is 23.9 Å². The second kappa shape index (κ2) is 10.7. The van der Waals surface area contributed by atoms with Crippen molar-refractivity contribution in [1.82, 2.24) is 10.5 Å². The lowest BCUT2D eigenvalue weighted by atomic mass is 10.2. The zero-order chi connectivity index (χ0) is 23.3. The van der Waals surface area contributed by atoms with Crippen LogP contribution in [0.15, 0.2) is 12.1 Å². The maximum Gasteiger partial charge on any atom is 0.414 e. The molecule has 2 aliphatic heterocycles. The van der Waals surface area contributed by atoms with E-state index in [4.69, 9.17) is 26.5 Å². The van der Waals surface area contributed by atoms with E-state index in [2.05, 4.69) is 10.3 Å². The molecule has 176 valence electrons. The summed E-state index contributed by atoms with van der Waals surface area (Å²) in [7, 11) is 2.74. The Balaban J connectivity index is 1.69. The molecule has 2 heterocycles. The second-order valence-corrected chi connectivity index (χ2v) is 7.48. The Morgan fingerprint density at radius 1 is 1.25 bits per heavy atom. The van der Waals surface area contributed by atoms with Gasteiger partial charge in [0.1, 0.15) is 11.8 Å². The van der Waals surface area contributed by atoms with Crippen molar-refractivity contribution in [2.45, 2.75) is 18.9 Å². The number of methoxy groups -OCH3 is 1.